The van der Waals surface area contributed by atoms with Gasteiger partial charge in [0.1, 0.15) is 0 Å². The summed E-state index contributed by atoms with van der Waals surface area (Å²) in [5.74, 6) is 0. The van der Waals surface area contributed by atoms with Gasteiger partial charge in [0, 0.05) is 31.2 Å². The van der Waals surface area contributed by atoms with Crippen LogP contribution < -0.4 is 15.4 Å². The minimum Gasteiger partial charge on any atom is -0.334 e. The third kappa shape index (κ3) is 6.13. The Morgan fingerprint density at radius 1 is 0.931 bits per heavy atom. The van der Waals surface area contributed by atoms with Crippen LogP contribution in [0.5, 0.6) is 0 Å². The van der Waals surface area contributed by atoms with Gasteiger partial charge in [-0.05, 0) is 54.4 Å². The molecule has 0 aliphatic rings. The number of hydrogen-bond acceptors (Lipinski definition) is 4. The minimum atomic E-state index is -3.65. The fourth-order valence-corrected chi connectivity index (χ4v) is 3.68. The van der Waals surface area contributed by atoms with E-state index in [1.165, 1.54) is 12.1 Å². The standard InChI is InChI=1S/C21H22N4O3S/c1-16-3-2-4-18(13-16)15-24-29(27,28)20-7-5-19(6-8-20)25-21(26)23-14-17-9-11-22-12-10-17/h2-13,24H,14-15H2,1H3,(H2,23,25,26). The van der Waals surface area contributed by atoms with Gasteiger partial charge < -0.3 is 10.6 Å². The molecule has 0 atom stereocenters. The molecule has 0 saturated carbocycles. The Morgan fingerprint density at radius 3 is 2.34 bits per heavy atom. The zero-order chi connectivity index (χ0) is 20.7. The number of nitrogens with zero attached hydrogens (tertiary/aromatic N) is 1. The predicted octanol–water partition coefficient (Wildman–Crippen LogP) is 3.19. The molecule has 1 heterocycles. The van der Waals surface area contributed by atoms with Crippen LogP contribution in [-0.4, -0.2) is 19.4 Å². The van der Waals surface area contributed by atoms with Crippen LogP contribution in [0.15, 0.2) is 78.0 Å². The number of sulfonamides is 1. The van der Waals surface area contributed by atoms with Crippen LogP contribution >= 0.6 is 0 Å². The summed E-state index contributed by atoms with van der Waals surface area (Å²) in [6, 6.07) is 16.9. The molecule has 0 fully saturated rings. The second-order valence-electron chi connectivity index (χ2n) is 6.50. The van der Waals surface area contributed by atoms with E-state index in [1.54, 1.807) is 24.5 Å². The van der Waals surface area contributed by atoms with Crippen LogP contribution in [0.3, 0.4) is 0 Å². The normalized spacial score (nSPS) is 11.1. The summed E-state index contributed by atoms with van der Waals surface area (Å²) in [6.45, 7) is 2.53. The second kappa shape index (κ2) is 9.31. The maximum atomic E-state index is 12.5. The zero-order valence-electron chi connectivity index (χ0n) is 15.9. The molecule has 29 heavy (non-hydrogen) atoms. The first-order chi connectivity index (χ1) is 13.9. The van der Waals surface area contributed by atoms with Gasteiger partial charge in [-0.15, -0.1) is 0 Å². The molecule has 3 N–H and O–H groups in total. The average molecular weight is 410 g/mol. The van der Waals surface area contributed by atoms with E-state index in [0.29, 0.717) is 12.2 Å². The monoisotopic (exact) mass is 410 g/mol. The van der Waals surface area contributed by atoms with E-state index in [9.17, 15) is 13.2 Å². The van der Waals surface area contributed by atoms with Crippen LogP contribution in [0.2, 0.25) is 0 Å². The van der Waals surface area contributed by atoms with E-state index >= 15 is 0 Å². The largest absolute Gasteiger partial charge is 0.334 e. The lowest BCUT2D eigenvalue weighted by molar-refractivity contribution is 0.251. The summed E-state index contributed by atoms with van der Waals surface area (Å²) in [5, 5.41) is 5.40. The van der Waals surface area contributed by atoms with Gasteiger partial charge in [-0.25, -0.2) is 17.9 Å². The number of carbonyl (C=O) groups is 1. The molecule has 3 rings (SSSR count). The first-order valence-corrected chi connectivity index (χ1v) is 10.5. The molecule has 0 saturated heterocycles. The van der Waals surface area contributed by atoms with Crippen LogP contribution in [0, 0.1) is 6.92 Å². The van der Waals surface area contributed by atoms with Crippen molar-refractivity contribution < 1.29 is 13.2 Å². The van der Waals surface area contributed by atoms with Gasteiger partial charge in [-0.2, -0.15) is 0 Å². The van der Waals surface area contributed by atoms with Crippen molar-refractivity contribution in [3.8, 4) is 0 Å². The predicted molar refractivity (Wildman–Crippen MR) is 112 cm³/mol. The fourth-order valence-electron chi connectivity index (χ4n) is 2.66. The SMILES string of the molecule is Cc1cccc(CNS(=O)(=O)c2ccc(NC(=O)NCc3ccncc3)cc2)c1. The Labute approximate surface area is 170 Å². The average Bonchev–Trinajstić information content (AvgIpc) is 2.72. The summed E-state index contributed by atoms with van der Waals surface area (Å²) < 4.78 is 27.5. The van der Waals surface area contributed by atoms with Gasteiger partial charge in [0.2, 0.25) is 10.0 Å². The molecule has 3 aromatic rings. The van der Waals surface area contributed by atoms with Crippen molar-refractivity contribution in [3.05, 3.63) is 89.7 Å². The molecule has 0 radical (unpaired) electrons. The third-order valence-electron chi connectivity index (χ3n) is 4.17. The van der Waals surface area contributed by atoms with Crippen molar-refractivity contribution in [2.45, 2.75) is 24.9 Å². The van der Waals surface area contributed by atoms with Crippen molar-refractivity contribution in [2.24, 2.45) is 0 Å². The van der Waals surface area contributed by atoms with E-state index in [4.69, 9.17) is 0 Å². The minimum absolute atomic E-state index is 0.132. The Bertz CT molecular complexity index is 1070. The number of rotatable bonds is 7. The molecular formula is C21H22N4O3S. The number of hydrogen-bond donors (Lipinski definition) is 3. The first kappa shape index (κ1) is 20.5. The Balaban J connectivity index is 1.55. The summed E-state index contributed by atoms with van der Waals surface area (Å²) in [4.78, 5) is 16.0. The zero-order valence-corrected chi connectivity index (χ0v) is 16.7. The van der Waals surface area contributed by atoms with Crippen molar-refractivity contribution in [2.75, 3.05) is 5.32 Å². The lowest BCUT2D eigenvalue weighted by Gasteiger charge is -2.10. The van der Waals surface area contributed by atoms with Crippen molar-refractivity contribution >= 4 is 21.7 Å². The topological polar surface area (TPSA) is 100 Å². The molecule has 0 unspecified atom stereocenters. The molecule has 0 aliphatic heterocycles. The highest BCUT2D eigenvalue weighted by molar-refractivity contribution is 7.89. The second-order valence-corrected chi connectivity index (χ2v) is 8.27. The van der Waals surface area contributed by atoms with E-state index in [2.05, 4.69) is 20.3 Å². The first-order valence-electron chi connectivity index (χ1n) is 9.01. The van der Waals surface area contributed by atoms with E-state index < -0.39 is 10.0 Å². The summed E-state index contributed by atoms with van der Waals surface area (Å²) in [7, 11) is -3.65. The van der Waals surface area contributed by atoms with Gasteiger partial charge in [0.05, 0.1) is 4.90 Å². The van der Waals surface area contributed by atoms with Gasteiger partial charge in [-0.3, -0.25) is 4.98 Å². The van der Waals surface area contributed by atoms with Gasteiger partial charge in [0.15, 0.2) is 0 Å². The molecule has 1 aromatic heterocycles. The Morgan fingerprint density at radius 2 is 1.66 bits per heavy atom. The fraction of sp³-hybridized carbons (Fsp3) is 0.143. The number of nitrogens with one attached hydrogen (secondary N) is 3. The number of aromatic nitrogens is 1. The van der Waals surface area contributed by atoms with Crippen molar-refractivity contribution in [3.63, 3.8) is 0 Å². The molecule has 0 aliphatic carbocycles. The number of pyridine rings is 1. The maximum absolute atomic E-state index is 12.5. The smallest absolute Gasteiger partial charge is 0.319 e. The number of carbonyl (C=O) groups excluding carboxylic acids is 1. The lowest BCUT2D eigenvalue weighted by Crippen LogP contribution is -2.28. The number of anilines is 1. The molecule has 150 valence electrons. The Hall–Kier alpha value is -3.23. The van der Waals surface area contributed by atoms with Crippen molar-refractivity contribution in [1.29, 1.82) is 0 Å². The molecule has 0 spiro atoms. The molecular weight excluding hydrogens is 388 g/mol. The summed E-state index contributed by atoms with van der Waals surface area (Å²) >= 11 is 0. The molecule has 2 aromatic carbocycles. The Kier molecular flexibility index (Phi) is 6.58. The number of amides is 2. The highest BCUT2D eigenvalue weighted by atomic mass is 32.2. The summed E-state index contributed by atoms with van der Waals surface area (Å²) in [5.41, 5.74) is 3.38. The van der Waals surface area contributed by atoms with Gasteiger partial charge >= 0.3 is 6.03 Å². The molecule has 0 bridgehead atoms. The van der Waals surface area contributed by atoms with Gasteiger partial charge in [0.25, 0.3) is 0 Å². The van der Waals surface area contributed by atoms with Crippen LogP contribution in [0.4, 0.5) is 10.5 Å². The third-order valence-corrected chi connectivity index (χ3v) is 5.59. The lowest BCUT2D eigenvalue weighted by atomic mass is 10.1. The molecule has 2 amide bonds. The number of urea groups is 1. The quantitative estimate of drug-likeness (QED) is 0.557. The highest BCUT2D eigenvalue weighted by Gasteiger charge is 2.14. The van der Waals surface area contributed by atoms with Crippen LogP contribution in [0.1, 0.15) is 16.7 Å². The highest BCUT2D eigenvalue weighted by Crippen LogP contribution is 2.15. The molecule has 8 heteroatoms. The van der Waals surface area contributed by atoms with Crippen LogP contribution in [-0.2, 0) is 23.1 Å². The van der Waals surface area contributed by atoms with Gasteiger partial charge in [-0.1, -0.05) is 29.8 Å². The van der Waals surface area contributed by atoms with E-state index in [-0.39, 0.29) is 17.5 Å². The van der Waals surface area contributed by atoms with Crippen LogP contribution in [0.25, 0.3) is 0 Å². The van der Waals surface area contributed by atoms with E-state index in [1.807, 2.05) is 43.3 Å². The number of aryl methyl sites for hydroxylation is 1. The number of benzene rings is 2. The van der Waals surface area contributed by atoms with E-state index in [0.717, 1.165) is 16.7 Å². The maximum Gasteiger partial charge on any atom is 0.319 e. The summed E-state index contributed by atoms with van der Waals surface area (Å²) in [6.07, 6.45) is 3.31. The molecule has 7 nitrogen and oxygen atoms in total. The van der Waals surface area contributed by atoms with Crippen molar-refractivity contribution in [1.82, 2.24) is 15.0 Å².